The first-order valence-corrected chi connectivity index (χ1v) is 9.67. The summed E-state index contributed by atoms with van der Waals surface area (Å²) in [5.74, 6) is 1.39. The van der Waals surface area contributed by atoms with E-state index in [-0.39, 0.29) is 18.2 Å². The van der Waals surface area contributed by atoms with Crippen LogP contribution in [0.5, 0.6) is 5.75 Å². The Morgan fingerprint density at radius 3 is 2.50 bits per heavy atom. The summed E-state index contributed by atoms with van der Waals surface area (Å²) in [6, 6.07) is 0. The first kappa shape index (κ1) is 16.0. The number of rotatable bonds is 3. The van der Waals surface area contributed by atoms with Crippen molar-refractivity contribution in [2.45, 2.75) is 26.6 Å². The minimum atomic E-state index is -1.65. The summed E-state index contributed by atoms with van der Waals surface area (Å²) >= 11 is 0. The molecular weight excluding hydrogens is 276 g/mol. The molecule has 6 nitrogen and oxygen atoms in total. The Kier molecular flexibility index (Phi) is 4.73. The molecule has 20 heavy (non-hydrogen) atoms. The number of nitrogens with zero attached hydrogens (tertiary/aromatic N) is 2. The molecule has 0 aromatic carbocycles. The van der Waals surface area contributed by atoms with Gasteiger partial charge in [0, 0.05) is 7.05 Å². The Bertz CT molecular complexity index is 647. The van der Waals surface area contributed by atoms with E-state index in [0.29, 0.717) is 0 Å². The average Bonchev–Trinajstić information content (AvgIpc) is 2.32. The van der Waals surface area contributed by atoms with Gasteiger partial charge in [-0.25, -0.2) is 9.78 Å². The molecule has 7 heteroatoms. The maximum absolute atomic E-state index is 12.1. The predicted octanol–water partition coefficient (Wildman–Crippen LogP) is 1.11. The van der Waals surface area contributed by atoms with Crippen LogP contribution in [-0.4, -0.2) is 35.3 Å². The second kappa shape index (κ2) is 5.92. The van der Waals surface area contributed by atoms with E-state index >= 15 is 0 Å². The number of carboxylic acids is 1. The Hall–Kier alpha value is -2.07. The molecule has 0 spiro atoms. The highest BCUT2D eigenvalue weighted by molar-refractivity contribution is 6.83. The SMILES string of the molecule is CCOc1c(C(=O)O)nc(C#C[Si](C)(C)C)n(C)c1=O. The van der Waals surface area contributed by atoms with E-state index in [4.69, 9.17) is 9.84 Å². The van der Waals surface area contributed by atoms with Crippen LogP contribution in [0.4, 0.5) is 0 Å². The number of aromatic nitrogens is 2. The minimum Gasteiger partial charge on any atom is -0.486 e. The standard InChI is InChI=1S/C13H18N2O4Si/c1-6-19-11-10(13(17)18)14-9(15(2)12(11)16)7-8-20(3,4)5/h6H2,1-5H3,(H,17,18). The zero-order chi connectivity index (χ0) is 15.5. The van der Waals surface area contributed by atoms with Gasteiger partial charge in [-0.15, -0.1) is 5.54 Å². The molecule has 0 saturated heterocycles. The van der Waals surface area contributed by atoms with E-state index in [1.807, 2.05) is 19.6 Å². The van der Waals surface area contributed by atoms with E-state index in [1.165, 1.54) is 11.6 Å². The molecule has 0 aliphatic rings. The first-order chi connectivity index (χ1) is 9.17. The van der Waals surface area contributed by atoms with Crippen LogP contribution >= 0.6 is 0 Å². The summed E-state index contributed by atoms with van der Waals surface area (Å²) in [5, 5.41) is 9.13. The molecule has 1 heterocycles. The Morgan fingerprint density at radius 1 is 1.45 bits per heavy atom. The molecule has 1 aromatic heterocycles. The van der Waals surface area contributed by atoms with Crippen LogP contribution in [0, 0.1) is 11.5 Å². The summed E-state index contributed by atoms with van der Waals surface area (Å²) in [4.78, 5) is 27.2. The third kappa shape index (κ3) is 3.71. The van der Waals surface area contributed by atoms with Crippen LogP contribution in [0.25, 0.3) is 0 Å². The highest BCUT2D eigenvalue weighted by Gasteiger charge is 2.20. The minimum absolute atomic E-state index is 0.137. The number of carboxylic acid groups (broad SMARTS) is 1. The van der Waals surface area contributed by atoms with Gasteiger partial charge in [-0.2, -0.15) is 0 Å². The zero-order valence-corrected chi connectivity index (χ0v) is 13.3. The maximum atomic E-state index is 12.1. The van der Waals surface area contributed by atoms with Crippen molar-refractivity contribution in [2.24, 2.45) is 7.05 Å². The van der Waals surface area contributed by atoms with Gasteiger partial charge in [0.1, 0.15) is 8.07 Å². The summed E-state index contributed by atoms with van der Waals surface area (Å²) in [6.07, 6.45) is 0. The van der Waals surface area contributed by atoms with Crippen LogP contribution in [0.3, 0.4) is 0 Å². The van der Waals surface area contributed by atoms with E-state index < -0.39 is 25.3 Å². The van der Waals surface area contributed by atoms with E-state index in [0.717, 1.165) is 0 Å². The van der Waals surface area contributed by atoms with Gasteiger partial charge in [-0.1, -0.05) is 19.6 Å². The van der Waals surface area contributed by atoms with Gasteiger partial charge in [0.25, 0.3) is 5.56 Å². The van der Waals surface area contributed by atoms with Gasteiger partial charge in [-0.3, -0.25) is 9.36 Å². The summed E-state index contributed by atoms with van der Waals surface area (Å²) in [5.41, 5.74) is 2.12. The Labute approximate surface area is 118 Å². The number of hydrogen-bond donors (Lipinski definition) is 1. The zero-order valence-electron chi connectivity index (χ0n) is 12.3. The lowest BCUT2D eigenvalue weighted by Crippen LogP contribution is -2.27. The van der Waals surface area contributed by atoms with Gasteiger partial charge in [0.05, 0.1) is 6.61 Å². The highest BCUT2D eigenvalue weighted by Crippen LogP contribution is 2.11. The number of aromatic carboxylic acids is 1. The normalized spacial score (nSPS) is 10.7. The smallest absolute Gasteiger partial charge is 0.358 e. The van der Waals surface area contributed by atoms with Crippen molar-refractivity contribution in [2.75, 3.05) is 6.61 Å². The maximum Gasteiger partial charge on any atom is 0.358 e. The van der Waals surface area contributed by atoms with Gasteiger partial charge < -0.3 is 9.84 Å². The van der Waals surface area contributed by atoms with Gasteiger partial charge in [0.2, 0.25) is 5.75 Å². The van der Waals surface area contributed by atoms with E-state index in [2.05, 4.69) is 16.4 Å². The summed E-state index contributed by atoms with van der Waals surface area (Å²) in [7, 11) is -0.151. The van der Waals surface area contributed by atoms with Gasteiger partial charge >= 0.3 is 5.97 Å². The molecule has 0 aliphatic carbocycles. The highest BCUT2D eigenvalue weighted by atomic mass is 28.3. The number of ether oxygens (including phenoxy) is 1. The molecular formula is C13H18N2O4Si. The molecule has 0 amide bonds. The fourth-order valence-corrected chi connectivity index (χ4v) is 1.84. The van der Waals surface area contributed by atoms with E-state index in [1.54, 1.807) is 6.92 Å². The second-order valence-electron chi connectivity index (χ2n) is 5.22. The molecule has 108 valence electrons. The number of carbonyl (C=O) groups is 1. The van der Waals surface area contributed by atoms with Crippen LogP contribution in [0.1, 0.15) is 23.2 Å². The molecule has 0 bridgehead atoms. The molecule has 1 N–H and O–H groups in total. The van der Waals surface area contributed by atoms with Gasteiger partial charge in [0.15, 0.2) is 11.5 Å². The summed E-state index contributed by atoms with van der Waals surface area (Å²) in [6.45, 7) is 8.00. The van der Waals surface area contributed by atoms with Crippen molar-refractivity contribution in [1.82, 2.24) is 9.55 Å². The fraction of sp³-hybridized carbons (Fsp3) is 0.462. The molecule has 1 rings (SSSR count). The molecule has 0 aliphatic heterocycles. The van der Waals surface area contributed by atoms with Crippen molar-refractivity contribution in [3.05, 3.63) is 21.9 Å². The number of hydrogen-bond acceptors (Lipinski definition) is 4. The van der Waals surface area contributed by atoms with Crippen LogP contribution in [0.2, 0.25) is 19.6 Å². The largest absolute Gasteiger partial charge is 0.486 e. The van der Waals surface area contributed by atoms with Crippen LogP contribution < -0.4 is 10.3 Å². The topological polar surface area (TPSA) is 81.4 Å². The van der Waals surface area contributed by atoms with Crippen molar-refractivity contribution < 1.29 is 14.6 Å². The molecule has 0 unspecified atom stereocenters. The molecule has 1 aromatic rings. The predicted molar refractivity (Wildman–Crippen MR) is 77.8 cm³/mol. The monoisotopic (exact) mass is 294 g/mol. The van der Waals surface area contributed by atoms with E-state index in [9.17, 15) is 9.59 Å². The van der Waals surface area contributed by atoms with Crippen molar-refractivity contribution in [3.63, 3.8) is 0 Å². The van der Waals surface area contributed by atoms with Gasteiger partial charge in [-0.05, 0) is 12.8 Å². The fourth-order valence-electron chi connectivity index (χ4n) is 1.36. The average molecular weight is 294 g/mol. The molecule has 0 fully saturated rings. The van der Waals surface area contributed by atoms with Crippen molar-refractivity contribution in [1.29, 1.82) is 0 Å². The third-order valence-electron chi connectivity index (χ3n) is 2.29. The Balaban J connectivity index is 3.53. The third-order valence-corrected chi connectivity index (χ3v) is 3.16. The second-order valence-corrected chi connectivity index (χ2v) is 9.97. The lowest BCUT2D eigenvalue weighted by Gasteiger charge is -2.10. The lowest BCUT2D eigenvalue weighted by molar-refractivity contribution is 0.0684. The van der Waals surface area contributed by atoms with Crippen molar-refractivity contribution in [3.8, 4) is 17.2 Å². The Morgan fingerprint density at radius 2 is 2.05 bits per heavy atom. The summed E-state index contributed by atoms with van der Waals surface area (Å²) < 4.78 is 6.31. The quantitative estimate of drug-likeness (QED) is 0.667. The molecule has 0 saturated carbocycles. The first-order valence-electron chi connectivity index (χ1n) is 6.17. The van der Waals surface area contributed by atoms with Crippen LogP contribution in [0.15, 0.2) is 4.79 Å². The lowest BCUT2D eigenvalue weighted by atomic mass is 10.3. The van der Waals surface area contributed by atoms with Crippen LogP contribution in [-0.2, 0) is 7.05 Å². The molecule has 0 radical (unpaired) electrons. The van der Waals surface area contributed by atoms with Crippen molar-refractivity contribution >= 4 is 14.0 Å². The molecule has 0 atom stereocenters.